The molecule has 0 aliphatic carbocycles. The van der Waals surface area contributed by atoms with Gasteiger partial charge in [0.05, 0.1) is 28.7 Å². The summed E-state index contributed by atoms with van der Waals surface area (Å²) in [6.07, 6.45) is 6.32. The van der Waals surface area contributed by atoms with E-state index >= 15 is 0 Å². The lowest BCUT2D eigenvalue weighted by atomic mass is 9.86. The summed E-state index contributed by atoms with van der Waals surface area (Å²) >= 11 is 0. The second kappa shape index (κ2) is 12.7. The number of nitrogens with zero attached hydrogens (tertiary/aromatic N) is 5. The maximum absolute atomic E-state index is 6.82. The molecule has 0 bridgehead atoms. The molecule has 6 heteroatoms. The molecule has 3 aromatic heterocycles. The maximum Gasteiger partial charge on any atom is 0.139 e. The van der Waals surface area contributed by atoms with Crippen molar-refractivity contribution in [2.75, 3.05) is 16.5 Å². The number of benzene rings is 6. The third kappa shape index (κ3) is 5.69. The van der Waals surface area contributed by atoms with Crippen LogP contribution in [0.15, 0.2) is 164 Å². The molecule has 0 saturated carbocycles. The highest BCUT2D eigenvalue weighted by Gasteiger charge is 2.22. The zero-order chi connectivity index (χ0) is 37.3. The van der Waals surface area contributed by atoms with E-state index in [4.69, 9.17) is 9.72 Å². The molecule has 0 amide bonds. The van der Waals surface area contributed by atoms with Gasteiger partial charge in [0, 0.05) is 75.4 Å². The monoisotopic (exact) mass is 715 g/mol. The fourth-order valence-electron chi connectivity index (χ4n) is 8.01. The van der Waals surface area contributed by atoms with E-state index in [1.54, 1.807) is 0 Å². The molecule has 4 heterocycles. The number of hydrogen-bond acceptors (Lipinski definition) is 4. The van der Waals surface area contributed by atoms with Crippen molar-refractivity contribution in [2.24, 2.45) is 0 Å². The zero-order valence-corrected chi connectivity index (χ0v) is 31.4. The van der Waals surface area contributed by atoms with Gasteiger partial charge in [0.25, 0.3) is 0 Å². The van der Waals surface area contributed by atoms with Gasteiger partial charge >= 0.3 is 0 Å². The van der Waals surface area contributed by atoms with Gasteiger partial charge in [-0.25, -0.2) is 4.98 Å². The Hall–Kier alpha value is -6.79. The number of hydrogen-bond donors (Lipinski definition) is 0. The van der Waals surface area contributed by atoms with Crippen LogP contribution in [0.1, 0.15) is 31.9 Å². The summed E-state index contributed by atoms with van der Waals surface area (Å²) in [5.41, 5.74) is 10.2. The molecule has 0 atom stereocenters. The molecule has 9 aromatic rings. The van der Waals surface area contributed by atoms with Gasteiger partial charge in [0.15, 0.2) is 0 Å². The first-order valence-corrected chi connectivity index (χ1v) is 18.9. The Kier molecular flexibility index (Phi) is 7.56. The Morgan fingerprint density at radius 3 is 1.96 bits per heavy atom. The van der Waals surface area contributed by atoms with Crippen molar-refractivity contribution in [3.8, 4) is 23.0 Å². The molecule has 0 radical (unpaired) electrons. The highest BCUT2D eigenvalue weighted by atomic mass is 16.5. The van der Waals surface area contributed by atoms with Gasteiger partial charge in [-0.1, -0.05) is 87.0 Å². The largest absolute Gasteiger partial charge is 0.457 e. The third-order valence-corrected chi connectivity index (χ3v) is 10.8. The van der Waals surface area contributed by atoms with E-state index in [9.17, 15) is 0 Å². The molecule has 0 fully saturated rings. The van der Waals surface area contributed by atoms with Gasteiger partial charge in [-0.3, -0.25) is 4.57 Å². The maximum atomic E-state index is 6.82. The molecule has 268 valence electrons. The minimum atomic E-state index is -0.0712. The summed E-state index contributed by atoms with van der Waals surface area (Å²) in [4.78, 5) is 9.69. The summed E-state index contributed by atoms with van der Waals surface area (Å²) < 4.78 is 11.4. The van der Waals surface area contributed by atoms with Crippen molar-refractivity contribution < 1.29 is 4.74 Å². The van der Waals surface area contributed by atoms with Gasteiger partial charge in [0.2, 0.25) is 0 Å². The lowest BCUT2D eigenvalue weighted by molar-refractivity contribution is 0.479. The first-order valence-electron chi connectivity index (χ1n) is 18.9. The van der Waals surface area contributed by atoms with E-state index in [0.717, 1.165) is 68.2 Å². The van der Waals surface area contributed by atoms with Gasteiger partial charge < -0.3 is 19.1 Å². The van der Waals surface area contributed by atoms with Gasteiger partial charge in [0.1, 0.15) is 17.3 Å². The van der Waals surface area contributed by atoms with Crippen molar-refractivity contribution in [1.82, 2.24) is 14.1 Å². The van der Waals surface area contributed by atoms with Crippen LogP contribution in [-0.2, 0) is 5.41 Å². The first kappa shape index (κ1) is 32.8. The van der Waals surface area contributed by atoms with Crippen LogP contribution >= 0.6 is 0 Å². The fraction of sp³-hybridized carbons (Fsp3) is 0.122. The number of aromatic nitrogens is 3. The van der Waals surface area contributed by atoms with Crippen molar-refractivity contribution in [2.45, 2.75) is 33.1 Å². The standard InChI is InChI=1S/C49H41N5O/c1-33-19-22-45-42(25-33)43-31-50-48(30-47(43)53(45)36-15-9-6-10-16-36)54-44-18-12-11-17-40(44)41-21-20-38(29-46(41)54)55-39-27-34(49(2,3)4)26-37(28-39)52-24-23-51(32-52)35-13-7-5-8-14-35/h5-31H,32H2,1-4H3. The molecule has 0 N–H and O–H groups in total. The molecule has 1 aliphatic heterocycles. The van der Waals surface area contributed by atoms with Crippen LogP contribution in [0.2, 0.25) is 0 Å². The molecule has 6 aromatic carbocycles. The molecule has 6 nitrogen and oxygen atoms in total. The quantitative estimate of drug-likeness (QED) is 0.172. The number of pyridine rings is 1. The highest BCUT2D eigenvalue weighted by Crippen LogP contribution is 2.39. The van der Waals surface area contributed by atoms with Crippen molar-refractivity contribution in [3.63, 3.8) is 0 Å². The van der Waals surface area contributed by atoms with Crippen molar-refractivity contribution in [1.29, 1.82) is 0 Å². The average Bonchev–Trinajstić information content (AvgIpc) is 3.91. The lowest BCUT2D eigenvalue weighted by Crippen LogP contribution is -2.25. The van der Waals surface area contributed by atoms with Gasteiger partial charge in [-0.15, -0.1) is 0 Å². The van der Waals surface area contributed by atoms with E-state index in [1.807, 2.05) is 6.20 Å². The summed E-state index contributed by atoms with van der Waals surface area (Å²) in [5, 5.41) is 4.65. The minimum Gasteiger partial charge on any atom is -0.457 e. The highest BCUT2D eigenvalue weighted by molar-refractivity contribution is 6.11. The predicted molar refractivity (Wildman–Crippen MR) is 228 cm³/mol. The fourth-order valence-corrected chi connectivity index (χ4v) is 8.01. The summed E-state index contributed by atoms with van der Waals surface area (Å²) in [6.45, 7) is 9.62. The zero-order valence-electron chi connectivity index (χ0n) is 31.4. The van der Waals surface area contributed by atoms with Crippen molar-refractivity contribution >= 4 is 55.0 Å². The number of para-hydroxylation sites is 3. The molecule has 0 unspecified atom stereocenters. The molecule has 0 saturated heterocycles. The summed E-state index contributed by atoms with van der Waals surface area (Å²) in [7, 11) is 0. The molecular weight excluding hydrogens is 675 g/mol. The van der Waals surface area contributed by atoms with Crippen molar-refractivity contribution in [3.05, 3.63) is 175 Å². The van der Waals surface area contributed by atoms with Gasteiger partial charge in [-0.05, 0) is 84.6 Å². The normalized spacial score (nSPS) is 13.2. The van der Waals surface area contributed by atoms with Crippen LogP contribution < -0.4 is 14.5 Å². The van der Waals surface area contributed by atoms with Crippen LogP contribution in [0.3, 0.4) is 0 Å². The second-order valence-electron chi connectivity index (χ2n) is 15.6. The predicted octanol–water partition coefficient (Wildman–Crippen LogP) is 12.4. The van der Waals surface area contributed by atoms with E-state index in [1.165, 1.54) is 27.6 Å². The first-order chi connectivity index (χ1) is 26.8. The Balaban J connectivity index is 1.09. The Morgan fingerprint density at radius 2 is 1.18 bits per heavy atom. The number of aryl methyl sites for hydroxylation is 1. The van der Waals surface area contributed by atoms with E-state index < -0.39 is 0 Å². The second-order valence-corrected chi connectivity index (χ2v) is 15.6. The summed E-state index contributed by atoms with van der Waals surface area (Å²) in [5.74, 6) is 2.43. The van der Waals surface area contributed by atoms with Gasteiger partial charge in [-0.2, -0.15) is 0 Å². The van der Waals surface area contributed by atoms with Crippen LogP contribution in [0, 0.1) is 6.92 Å². The third-order valence-electron chi connectivity index (χ3n) is 10.8. The minimum absolute atomic E-state index is 0.0712. The summed E-state index contributed by atoms with van der Waals surface area (Å²) in [6, 6.07) is 51.6. The topological polar surface area (TPSA) is 38.5 Å². The molecule has 0 spiro atoms. The number of rotatable bonds is 6. The SMILES string of the molecule is Cc1ccc2c(c1)c1cnc(-n3c4ccccc4c4ccc(Oc5cc(N6C=CN(c7ccccc7)C6)cc(C(C)(C)C)c5)cc43)cc1n2-c1ccccc1. The smallest absolute Gasteiger partial charge is 0.139 e. The average molecular weight is 716 g/mol. The number of fused-ring (bicyclic) bond motifs is 6. The van der Waals surface area contributed by atoms with E-state index in [2.05, 4.69) is 205 Å². The van der Waals surface area contributed by atoms with Crippen LogP contribution in [0.25, 0.3) is 55.1 Å². The molecule has 10 rings (SSSR count). The molecule has 55 heavy (non-hydrogen) atoms. The molecular formula is C49H41N5O. The lowest BCUT2D eigenvalue weighted by Gasteiger charge is -2.25. The number of ether oxygens (including phenoxy) is 1. The van der Waals surface area contributed by atoms with E-state index in [-0.39, 0.29) is 5.41 Å². The Bertz CT molecular complexity index is 2930. The number of anilines is 2. The van der Waals surface area contributed by atoms with Crippen LogP contribution in [0.4, 0.5) is 11.4 Å². The van der Waals surface area contributed by atoms with Crippen LogP contribution in [-0.4, -0.2) is 20.8 Å². The molecule has 1 aliphatic rings. The Labute approximate surface area is 320 Å². The van der Waals surface area contributed by atoms with Crippen LogP contribution in [0.5, 0.6) is 11.5 Å². The van der Waals surface area contributed by atoms with E-state index in [0.29, 0.717) is 0 Å². The Morgan fingerprint density at radius 1 is 0.509 bits per heavy atom.